The molecule has 0 bridgehead atoms. The van der Waals surface area contributed by atoms with E-state index in [0.29, 0.717) is 17.0 Å². The monoisotopic (exact) mass is 305 g/mol. The van der Waals surface area contributed by atoms with Crippen LogP contribution >= 0.6 is 0 Å². The number of carboxylic acid groups (broad SMARTS) is 1. The highest BCUT2D eigenvalue weighted by atomic mass is 16.4. The fourth-order valence-corrected chi connectivity index (χ4v) is 2.31. The fourth-order valence-electron chi connectivity index (χ4n) is 2.31. The van der Waals surface area contributed by atoms with Crippen LogP contribution in [0.5, 0.6) is 0 Å². The van der Waals surface area contributed by atoms with Crippen molar-refractivity contribution in [1.82, 2.24) is 0 Å². The summed E-state index contributed by atoms with van der Waals surface area (Å²) in [6.45, 7) is 1.77. The zero-order chi connectivity index (χ0) is 16.4. The van der Waals surface area contributed by atoms with Crippen molar-refractivity contribution in [3.63, 3.8) is 0 Å². The van der Waals surface area contributed by atoms with Crippen LogP contribution in [0, 0.1) is 0 Å². The number of anilines is 1. The van der Waals surface area contributed by atoms with Gasteiger partial charge in [-0.05, 0) is 36.3 Å². The lowest BCUT2D eigenvalue weighted by Crippen LogP contribution is -2.23. The molecule has 0 radical (unpaired) electrons. The predicted octanol–water partition coefficient (Wildman–Crippen LogP) is 1.86. The van der Waals surface area contributed by atoms with Crippen molar-refractivity contribution in [2.45, 2.75) is 6.92 Å². The Morgan fingerprint density at radius 1 is 1.09 bits per heavy atom. The zero-order valence-electron chi connectivity index (χ0n) is 12.4. The van der Waals surface area contributed by atoms with E-state index in [4.69, 9.17) is 0 Å². The number of hydrazone groups is 1. The van der Waals surface area contributed by atoms with Crippen LogP contribution in [-0.4, -0.2) is 17.6 Å². The highest BCUT2D eigenvalue weighted by molar-refractivity contribution is 6.32. The molecule has 0 atom stereocenters. The van der Waals surface area contributed by atoms with Gasteiger partial charge in [-0.15, -0.1) is 0 Å². The summed E-state index contributed by atoms with van der Waals surface area (Å²) >= 11 is 0. The SMILES string of the molecule is CC1=NN(c2ccc(C(=O)[O-])cc2)C(=O)/C1=C/c1ccccc1. The van der Waals surface area contributed by atoms with Crippen LogP contribution in [0.15, 0.2) is 65.3 Å². The number of hydrogen-bond donors (Lipinski definition) is 0. The van der Waals surface area contributed by atoms with E-state index < -0.39 is 5.97 Å². The lowest BCUT2D eigenvalue weighted by Gasteiger charge is -2.12. The molecule has 0 unspecified atom stereocenters. The van der Waals surface area contributed by atoms with Crippen LogP contribution in [0.3, 0.4) is 0 Å². The number of hydrogen-bond acceptors (Lipinski definition) is 4. The van der Waals surface area contributed by atoms with Crippen LogP contribution in [0.25, 0.3) is 6.08 Å². The average molecular weight is 305 g/mol. The Balaban J connectivity index is 1.91. The van der Waals surface area contributed by atoms with Gasteiger partial charge in [-0.2, -0.15) is 10.1 Å². The Hall–Kier alpha value is -3.21. The number of aromatic carboxylic acids is 1. The minimum absolute atomic E-state index is 0.0566. The van der Waals surface area contributed by atoms with E-state index in [1.807, 2.05) is 30.3 Å². The summed E-state index contributed by atoms with van der Waals surface area (Å²) in [5.41, 5.74) is 2.61. The van der Waals surface area contributed by atoms with Crippen molar-refractivity contribution in [1.29, 1.82) is 0 Å². The molecule has 2 aromatic carbocycles. The lowest BCUT2D eigenvalue weighted by molar-refractivity contribution is -0.255. The number of rotatable bonds is 3. The summed E-state index contributed by atoms with van der Waals surface area (Å²) in [6.07, 6.45) is 1.79. The van der Waals surface area contributed by atoms with Gasteiger partial charge in [0.1, 0.15) is 0 Å². The molecule has 0 aliphatic carbocycles. The number of carbonyl (C=O) groups is 2. The molecule has 0 fully saturated rings. The molecule has 1 aliphatic rings. The molecule has 0 spiro atoms. The highest BCUT2D eigenvalue weighted by Gasteiger charge is 2.28. The smallest absolute Gasteiger partial charge is 0.280 e. The molecule has 114 valence electrons. The molecule has 3 rings (SSSR count). The summed E-state index contributed by atoms with van der Waals surface area (Å²) in [5.74, 6) is -1.50. The van der Waals surface area contributed by atoms with Gasteiger partial charge in [0.05, 0.1) is 22.9 Å². The lowest BCUT2D eigenvalue weighted by atomic mass is 10.1. The normalized spacial score (nSPS) is 15.9. The maximum atomic E-state index is 12.6. The van der Waals surface area contributed by atoms with Gasteiger partial charge in [-0.25, -0.2) is 0 Å². The summed E-state index contributed by atoms with van der Waals surface area (Å²) in [4.78, 5) is 23.3. The number of carbonyl (C=O) groups excluding carboxylic acids is 2. The van der Waals surface area contributed by atoms with E-state index >= 15 is 0 Å². The maximum absolute atomic E-state index is 12.6. The van der Waals surface area contributed by atoms with Crippen molar-refractivity contribution < 1.29 is 14.7 Å². The van der Waals surface area contributed by atoms with Gasteiger partial charge in [0, 0.05) is 0 Å². The standard InChI is InChI=1S/C18H14N2O3/c1-12-16(11-13-5-3-2-4-6-13)17(21)20(19-12)15-9-7-14(8-10-15)18(22)23/h2-11H,1H3,(H,22,23)/p-1/b16-11+. The van der Waals surface area contributed by atoms with Crippen LogP contribution in [0.4, 0.5) is 5.69 Å². The quantitative estimate of drug-likeness (QED) is 0.812. The summed E-state index contributed by atoms with van der Waals surface area (Å²) in [5, 5.41) is 16.3. The Bertz CT molecular complexity index is 821. The number of carboxylic acids is 1. The van der Waals surface area contributed by atoms with E-state index in [1.165, 1.54) is 29.3 Å². The topological polar surface area (TPSA) is 72.8 Å². The van der Waals surface area contributed by atoms with Crippen LogP contribution in [0.1, 0.15) is 22.8 Å². The Morgan fingerprint density at radius 3 is 2.35 bits per heavy atom. The predicted molar refractivity (Wildman–Crippen MR) is 85.8 cm³/mol. The van der Waals surface area contributed by atoms with Crippen LogP contribution in [-0.2, 0) is 4.79 Å². The number of benzene rings is 2. The van der Waals surface area contributed by atoms with Crippen LogP contribution in [0.2, 0.25) is 0 Å². The van der Waals surface area contributed by atoms with Crippen molar-refractivity contribution in [3.8, 4) is 0 Å². The minimum Gasteiger partial charge on any atom is -0.545 e. The molecule has 23 heavy (non-hydrogen) atoms. The molecule has 0 aromatic heterocycles. The van der Waals surface area contributed by atoms with E-state index in [0.717, 1.165) is 5.56 Å². The Labute approximate surface area is 133 Å². The van der Waals surface area contributed by atoms with Gasteiger partial charge in [0.25, 0.3) is 5.91 Å². The first kappa shape index (κ1) is 14.7. The van der Waals surface area contributed by atoms with Crippen molar-refractivity contribution in [2.24, 2.45) is 5.10 Å². The second kappa shape index (κ2) is 5.88. The molecule has 0 saturated carbocycles. The van der Waals surface area contributed by atoms with E-state index in [1.54, 1.807) is 13.0 Å². The van der Waals surface area contributed by atoms with Gasteiger partial charge in [0.15, 0.2) is 0 Å². The first-order valence-electron chi connectivity index (χ1n) is 7.04. The summed E-state index contributed by atoms with van der Waals surface area (Å²) < 4.78 is 0. The van der Waals surface area contributed by atoms with Crippen molar-refractivity contribution >= 4 is 29.4 Å². The second-order valence-corrected chi connectivity index (χ2v) is 5.11. The van der Waals surface area contributed by atoms with E-state index in [-0.39, 0.29) is 11.5 Å². The number of nitrogens with zero attached hydrogens (tertiary/aromatic N) is 2. The van der Waals surface area contributed by atoms with E-state index in [2.05, 4.69) is 5.10 Å². The summed E-state index contributed by atoms with van der Waals surface area (Å²) in [6, 6.07) is 15.4. The van der Waals surface area contributed by atoms with Gasteiger partial charge < -0.3 is 9.90 Å². The van der Waals surface area contributed by atoms with Crippen molar-refractivity contribution in [3.05, 3.63) is 71.3 Å². The van der Waals surface area contributed by atoms with Crippen LogP contribution < -0.4 is 10.1 Å². The fraction of sp³-hybridized carbons (Fsp3) is 0.0556. The van der Waals surface area contributed by atoms with Gasteiger partial charge in [0.2, 0.25) is 0 Å². The third-order valence-corrected chi connectivity index (χ3v) is 3.52. The molecular weight excluding hydrogens is 292 g/mol. The Kier molecular flexibility index (Phi) is 3.76. The molecule has 2 aromatic rings. The molecule has 0 N–H and O–H groups in total. The molecular formula is C18H13N2O3-. The maximum Gasteiger partial charge on any atom is 0.280 e. The first-order chi connectivity index (χ1) is 11.1. The molecule has 1 amide bonds. The molecule has 5 nitrogen and oxygen atoms in total. The average Bonchev–Trinajstić information content (AvgIpc) is 2.84. The molecule has 0 saturated heterocycles. The number of amides is 1. The molecule has 1 aliphatic heterocycles. The first-order valence-corrected chi connectivity index (χ1v) is 7.04. The highest BCUT2D eigenvalue weighted by Crippen LogP contribution is 2.25. The van der Waals surface area contributed by atoms with Gasteiger partial charge in [-0.3, -0.25) is 4.79 Å². The largest absolute Gasteiger partial charge is 0.545 e. The molecule has 1 heterocycles. The summed E-state index contributed by atoms with van der Waals surface area (Å²) in [7, 11) is 0. The van der Waals surface area contributed by atoms with Crippen molar-refractivity contribution in [2.75, 3.05) is 5.01 Å². The molecule has 5 heteroatoms. The third kappa shape index (κ3) is 2.89. The van der Waals surface area contributed by atoms with Gasteiger partial charge >= 0.3 is 0 Å². The third-order valence-electron chi connectivity index (χ3n) is 3.52. The van der Waals surface area contributed by atoms with Gasteiger partial charge in [-0.1, -0.05) is 42.5 Å². The zero-order valence-corrected chi connectivity index (χ0v) is 12.4. The van der Waals surface area contributed by atoms with E-state index in [9.17, 15) is 14.7 Å². The second-order valence-electron chi connectivity index (χ2n) is 5.11. The Morgan fingerprint density at radius 2 is 1.74 bits per heavy atom. The minimum atomic E-state index is -1.26.